The van der Waals surface area contributed by atoms with Crippen LogP contribution in [0.5, 0.6) is 0 Å². The number of sulfonamides is 1. The minimum absolute atomic E-state index is 0.0181. The molecule has 3 aliphatic rings. The lowest BCUT2D eigenvalue weighted by Gasteiger charge is -2.25. The Balaban J connectivity index is 1.53. The number of ether oxygens (including phenoxy) is 1. The number of carbonyl (C=O) groups excluding carboxylic acids is 1. The molecule has 156 valence electrons. The van der Waals surface area contributed by atoms with Gasteiger partial charge in [0.2, 0.25) is 0 Å². The molecule has 3 heterocycles. The van der Waals surface area contributed by atoms with Gasteiger partial charge in [0.1, 0.15) is 22.7 Å². The fourth-order valence-corrected chi connectivity index (χ4v) is 5.59. The van der Waals surface area contributed by atoms with Crippen LogP contribution < -0.4 is 0 Å². The molecule has 0 N–H and O–H groups in total. The zero-order chi connectivity index (χ0) is 20.6. The summed E-state index contributed by atoms with van der Waals surface area (Å²) in [6, 6.07) is 5.39. The molecule has 0 bridgehead atoms. The first-order valence-electron chi connectivity index (χ1n) is 9.84. The van der Waals surface area contributed by atoms with Gasteiger partial charge >= 0.3 is 0 Å². The van der Waals surface area contributed by atoms with E-state index in [9.17, 15) is 17.6 Å². The molecular weight excluding hydrogens is 397 g/mol. The van der Waals surface area contributed by atoms with Crippen molar-refractivity contribution in [2.45, 2.75) is 32.3 Å². The third-order valence-corrected chi connectivity index (χ3v) is 7.03. The average molecular weight is 421 g/mol. The van der Waals surface area contributed by atoms with Crippen molar-refractivity contribution in [2.75, 3.05) is 32.8 Å². The topological polar surface area (TPSA) is 79.3 Å². The lowest BCUT2D eigenvalue weighted by atomic mass is 10.1. The van der Waals surface area contributed by atoms with Gasteiger partial charge in [-0.05, 0) is 43.9 Å². The minimum atomic E-state index is -3.85. The summed E-state index contributed by atoms with van der Waals surface area (Å²) in [6.07, 6.45) is 2.03. The van der Waals surface area contributed by atoms with Gasteiger partial charge < -0.3 is 14.5 Å². The smallest absolute Gasteiger partial charge is 0.285 e. The number of amides is 1. The SMILES string of the molecule is CC1=C(c2ccc(F)cc2)S(=O)(=O)N=C1N1CCCN(C(=O)C2CCCO2)CC1. The molecule has 0 spiro atoms. The van der Waals surface area contributed by atoms with E-state index in [0.717, 1.165) is 19.3 Å². The van der Waals surface area contributed by atoms with E-state index in [2.05, 4.69) is 4.40 Å². The number of carbonyl (C=O) groups is 1. The van der Waals surface area contributed by atoms with Crippen molar-refractivity contribution >= 4 is 26.7 Å². The molecular formula is C20H24FN3O4S. The molecule has 0 radical (unpaired) electrons. The summed E-state index contributed by atoms with van der Waals surface area (Å²) < 4.78 is 48.2. The summed E-state index contributed by atoms with van der Waals surface area (Å²) in [5, 5.41) is 0. The number of rotatable bonds is 2. The lowest BCUT2D eigenvalue weighted by Crippen LogP contribution is -2.41. The number of hydrogen-bond acceptors (Lipinski definition) is 5. The molecule has 1 atom stereocenters. The Morgan fingerprint density at radius 3 is 2.59 bits per heavy atom. The zero-order valence-corrected chi connectivity index (χ0v) is 17.1. The second kappa shape index (κ2) is 7.87. The predicted molar refractivity (Wildman–Crippen MR) is 107 cm³/mol. The van der Waals surface area contributed by atoms with Gasteiger partial charge in [-0.2, -0.15) is 8.42 Å². The van der Waals surface area contributed by atoms with Gasteiger partial charge in [0, 0.05) is 38.4 Å². The highest BCUT2D eigenvalue weighted by Crippen LogP contribution is 2.34. The van der Waals surface area contributed by atoms with E-state index in [1.807, 2.05) is 4.90 Å². The molecule has 2 saturated heterocycles. The Morgan fingerprint density at radius 1 is 1.14 bits per heavy atom. The number of amidine groups is 1. The third kappa shape index (κ3) is 3.93. The van der Waals surface area contributed by atoms with Crippen molar-refractivity contribution in [3.05, 3.63) is 41.2 Å². The fourth-order valence-electron chi connectivity index (χ4n) is 4.11. The first kappa shape index (κ1) is 20.0. The summed E-state index contributed by atoms with van der Waals surface area (Å²) in [5.74, 6) is 0.00685. The molecule has 0 saturated carbocycles. The Morgan fingerprint density at radius 2 is 1.90 bits per heavy atom. The van der Waals surface area contributed by atoms with Gasteiger partial charge in [-0.15, -0.1) is 4.40 Å². The highest BCUT2D eigenvalue weighted by Gasteiger charge is 2.35. The van der Waals surface area contributed by atoms with E-state index in [4.69, 9.17) is 4.74 Å². The Kier molecular flexibility index (Phi) is 5.44. The second-order valence-corrected chi connectivity index (χ2v) is 9.06. The molecule has 0 aliphatic carbocycles. The monoisotopic (exact) mass is 421 g/mol. The number of hydrogen-bond donors (Lipinski definition) is 0. The van der Waals surface area contributed by atoms with E-state index in [1.54, 1.807) is 11.8 Å². The van der Waals surface area contributed by atoms with Gasteiger partial charge in [-0.1, -0.05) is 12.1 Å². The van der Waals surface area contributed by atoms with Gasteiger partial charge in [0.05, 0.1) is 0 Å². The van der Waals surface area contributed by atoms with Crippen LogP contribution in [0.4, 0.5) is 4.39 Å². The molecule has 2 fully saturated rings. The zero-order valence-electron chi connectivity index (χ0n) is 16.3. The van der Waals surface area contributed by atoms with Crippen LogP contribution in [0.25, 0.3) is 4.91 Å². The van der Waals surface area contributed by atoms with Crippen molar-refractivity contribution in [3.8, 4) is 0 Å². The van der Waals surface area contributed by atoms with Gasteiger partial charge in [0.15, 0.2) is 0 Å². The van der Waals surface area contributed by atoms with E-state index in [-0.39, 0.29) is 16.9 Å². The normalized spacial score (nSPS) is 24.6. The maximum absolute atomic E-state index is 13.2. The first-order chi connectivity index (χ1) is 13.9. The predicted octanol–water partition coefficient (Wildman–Crippen LogP) is 2.01. The number of halogens is 1. The standard InChI is InChI=1S/C20H24FN3O4S/c1-14-18(15-5-7-16(21)8-6-15)29(26,27)22-19(14)23-9-3-10-24(12-11-23)20(25)17-4-2-13-28-17/h5-8,17H,2-4,9-13H2,1H3. The van der Waals surface area contributed by atoms with Gasteiger partial charge in [-0.25, -0.2) is 4.39 Å². The van der Waals surface area contributed by atoms with Crippen molar-refractivity contribution in [3.63, 3.8) is 0 Å². The molecule has 4 rings (SSSR count). The first-order valence-corrected chi connectivity index (χ1v) is 11.3. The highest BCUT2D eigenvalue weighted by atomic mass is 32.2. The molecule has 9 heteroatoms. The Labute approximate surface area is 169 Å². The third-order valence-electron chi connectivity index (χ3n) is 5.56. The van der Waals surface area contributed by atoms with E-state index < -0.39 is 15.8 Å². The largest absolute Gasteiger partial charge is 0.368 e. The highest BCUT2D eigenvalue weighted by molar-refractivity contribution is 8.00. The molecule has 1 unspecified atom stereocenters. The summed E-state index contributed by atoms with van der Waals surface area (Å²) >= 11 is 0. The average Bonchev–Trinajstić information content (AvgIpc) is 3.21. The quantitative estimate of drug-likeness (QED) is 0.730. The van der Waals surface area contributed by atoms with Crippen molar-refractivity contribution in [1.29, 1.82) is 0 Å². The van der Waals surface area contributed by atoms with Crippen molar-refractivity contribution in [2.24, 2.45) is 4.40 Å². The molecule has 3 aliphatic heterocycles. The van der Waals surface area contributed by atoms with Crippen LogP contribution in [0.1, 0.15) is 31.7 Å². The lowest BCUT2D eigenvalue weighted by molar-refractivity contribution is -0.140. The van der Waals surface area contributed by atoms with Gasteiger partial charge in [-0.3, -0.25) is 4.79 Å². The van der Waals surface area contributed by atoms with E-state index >= 15 is 0 Å². The number of nitrogens with zero attached hydrogens (tertiary/aromatic N) is 3. The summed E-state index contributed by atoms with van der Waals surface area (Å²) in [7, 11) is -3.85. The van der Waals surface area contributed by atoms with Crippen LogP contribution in [0.3, 0.4) is 0 Å². The van der Waals surface area contributed by atoms with Crippen LogP contribution in [0, 0.1) is 5.82 Å². The van der Waals surface area contributed by atoms with Crippen LogP contribution >= 0.6 is 0 Å². The molecule has 29 heavy (non-hydrogen) atoms. The maximum atomic E-state index is 13.2. The van der Waals surface area contributed by atoms with Crippen LogP contribution in [0.15, 0.2) is 34.2 Å². The molecule has 1 amide bonds. The van der Waals surface area contributed by atoms with Crippen molar-refractivity contribution in [1.82, 2.24) is 9.80 Å². The van der Waals surface area contributed by atoms with E-state index in [1.165, 1.54) is 24.3 Å². The Bertz CT molecular complexity index is 966. The van der Waals surface area contributed by atoms with Crippen LogP contribution in [-0.4, -0.2) is 68.9 Å². The molecule has 1 aromatic rings. The maximum Gasteiger partial charge on any atom is 0.285 e. The molecule has 7 nitrogen and oxygen atoms in total. The summed E-state index contributed by atoms with van der Waals surface area (Å²) in [5.41, 5.74) is 0.975. The molecule has 1 aromatic carbocycles. The molecule has 0 aromatic heterocycles. The number of benzene rings is 1. The van der Waals surface area contributed by atoms with E-state index in [0.29, 0.717) is 49.8 Å². The second-order valence-electron chi connectivity index (χ2n) is 7.52. The Hall–Kier alpha value is -2.26. The fraction of sp³-hybridized carbons (Fsp3) is 0.500. The van der Waals surface area contributed by atoms with Gasteiger partial charge in [0.25, 0.3) is 15.9 Å². The van der Waals surface area contributed by atoms with Crippen LogP contribution in [0.2, 0.25) is 0 Å². The van der Waals surface area contributed by atoms with Crippen molar-refractivity contribution < 1.29 is 22.3 Å². The summed E-state index contributed by atoms with van der Waals surface area (Å²) in [4.78, 5) is 16.5. The minimum Gasteiger partial charge on any atom is -0.368 e. The summed E-state index contributed by atoms with van der Waals surface area (Å²) in [6.45, 7) is 4.57. The van der Waals surface area contributed by atoms with Crippen LogP contribution in [-0.2, 0) is 19.6 Å².